The zero-order valence-electron chi connectivity index (χ0n) is 9.26. The minimum Gasteiger partial charge on any atom is -0.469 e. The quantitative estimate of drug-likeness (QED) is 0.507. The summed E-state index contributed by atoms with van der Waals surface area (Å²) in [5, 5.41) is 0. The molecule has 1 saturated heterocycles. The van der Waals surface area contributed by atoms with Crippen molar-refractivity contribution in [3.63, 3.8) is 0 Å². The van der Waals surface area contributed by atoms with Crippen LogP contribution in [0.25, 0.3) is 0 Å². The molecule has 0 aromatic rings. The molecule has 0 spiro atoms. The van der Waals surface area contributed by atoms with E-state index in [1.54, 1.807) is 0 Å². The molecule has 2 fully saturated rings. The summed E-state index contributed by atoms with van der Waals surface area (Å²) in [5.41, 5.74) is 0. The molecule has 0 aromatic heterocycles. The number of carbonyl (C=O) groups is 3. The summed E-state index contributed by atoms with van der Waals surface area (Å²) in [4.78, 5) is 34.6. The van der Waals surface area contributed by atoms with E-state index in [0.29, 0.717) is 12.8 Å². The number of rotatable bonds is 2. The first-order chi connectivity index (χ1) is 7.60. The average Bonchev–Trinajstić information content (AvgIpc) is 2.62. The Morgan fingerprint density at radius 3 is 2.56 bits per heavy atom. The van der Waals surface area contributed by atoms with E-state index in [0.717, 1.165) is 0 Å². The number of ether oxygens (including phenoxy) is 2. The predicted molar refractivity (Wildman–Crippen MR) is 52.0 cm³/mol. The minimum atomic E-state index is -0.576. The van der Waals surface area contributed by atoms with Gasteiger partial charge in [0.1, 0.15) is 0 Å². The molecule has 0 radical (unpaired) electrons. The van der Waals surface area contributed by atoms with Crippen LogP contribution in [0.15, 0.2) is 0 Å². The molecule has 4 unspecified atom stereocenters. The molecule has 16 heavy (non-hydrogen) atoms. The monoisotopic (exact) mass is 226 g/mol. The first kappa shape index (κ1) is 11.1. The van der Waals surface area contributed by atoms with Gasteiger partial charge in [0.15, 0.2) is 0 Å². The van der Waals surface area contributed by atoms with Gasteiger partial charge in [-0.15, -0.1) is 0 Å². The highest BCUT2D eigenvalue weighted by Gasteiger charge is 2.57. The zero-order valence-corrected chi connectivity index (χ0v) is 9.26. The van der Waals surface area contributed by atoms with Gasteiger partial charge in [0.05, 0.1) is 24.9 Å². The Hall–Kier alpha value is -1.39. The highest BCUT2D eigenvalue weighted by atomic mass is 16.6. The van der Waals surface area contributed by atoms with Gasteiger partial charge in [-0.3, -0.25) is 14.4 Å². The molecule has 4 atom stereocenters. The molecule has 5 heteroatoms. The lowest BCUT2D eigenvalue weighted by molar-refractivity contribution is -0.170. The molecule has 88 valence electrons. The largest absolute Gasteiger partial charge is 0.469 e. The molecule has 1 aliphatic carbocycles. The van der Waals surface area contributed by atoms with Crippen molar-refractivity contribution in [3.8, 4) is 0 Å². The molecule has 0 aromatic carbocycles. The van der Waals surface area contributed by atoms with E-state index < -0.39 is 29.7 Å². The summed E-state index contributed by atoms with van der Waals surface area (Å²) in [6, 6.07) is 0. The molecule has 1 aliphatic heterocycles. The second-order valence-electron chi connectivity index (χ2n) is 4.31. The Balaban J connectivity index is 2.33. The van der Waals surface area contributed by atoms with Gasteiger partial charge < -0.3 is 9.47 Å². The van der Waals surface area contributed by atoms with Crippen LogP contribution in [0.5, 0.6) is 0 Å². The van der Waals surface area contributed by atoms with E-state index >= 15 is 0 Å². The third-order valence-corrected chi connectivity index (χ3v) is 3.67. The lowest BCUT2D eigenvalue weighted by Gasteiger charge is -2.18. The van der Waals surface area contributed by atoms with Crippen molar-refractivity contribution in [3.05, 3.63) is 0 Å². The van der Waals surface area contributed by atoms with Gasteiger partial charge in [0.25, 0.3) is 0 Å². The maximum absolute atomic E-state index is 11.6. The predicted octanol–water partition coefficient (Wildman–Crippen LogP) is 0.521. The van der Waals surface area contributed by atoms with Crippen LogP contribution < -0.4 is 0 Å². The van der Waals surface area contributed by atoms with Gasteiger partial charge in [-0.25, -0.2) is 0 Å². The highest BCUT2D eigenvalue weighted by molar-refractivity contribution is 5.95. The Kier molecular flexibility index (Phi) is 2.69. The number of cyclic esters (lactones) is 2. The fourth-order valence-electron chi connectivity index (χ4n) is 2.92. The van der Waals surface area contributed by atoms with Crippen LogP contribution in [0.4, 0.5) is 0 Å². The van der Waals surface area contributed by atoms with Crippen molar-refractivity contribution in [1.29, 1.82) is 0 Å². The van der Waals surface area contributed by atoms with Crippen molar-refractivity contribution in [2.45, 2.75) is 19.8 Å². The van der Waals surface area contributed by atoms with E-state index in [9.17, 15) is 14.4 Å². The molecule has 2 bridgehead atoms. The maximum atomic E-state index is 11.6. The lowest BCUT2D eigenvalue weighted by Crippen LogP contribution is -2.31. The van der Waals surface area contributed by atoms with Crippen LogP contribution in [0.1, 0.15) is 19.8 Å². The number of esters is 3. The van der Waals surface area contributed by atoms with Crippen molar-refractivity contribution in [2.75, 3.05) is 7.11 Å². The van der Waals surface area contributed by atoms with Crippen LogP contribution in [0, 0.1) is 23.7 Å². The third kappa shape index (κ3) is 1.42. The molecule has 2 rings (SSSR count). The standard InChI is InChI=1S/C11H14O5/c1-3-5-6-4-7(8(5)11(14)15-2)10(13)16-9(6)12/h5-8H,3-4H2,1-2H3. The van der Waals surface area contributed by atoms with Gasteiger partial charge in [-0.1, -0.05) is 13.3 Å². The number of fused-ring (bicyclic) bond motifs is 2. The smallest absolute Gasteiger partial charge is 0.317 e. The Labute approximate surface area is 93.1 Å². The van der Waals surface area contributed by atoms with E-state index in [4.69, 9.17) is 4.74 Å². The maximum Gasteiger partial charge on any atom is 0.317 e. The van der Waals surface area contributed by atoms with Crippen molar-refractivity contribution in [1.82, 2.24) is 0 Å². The van der Waals surface area contributed by atoms with Crippen LogP contribution in [0.3, 0.4) is 0 Å². The number of hydrogen-bond donors (Lipinski definition) is 0. The molecule has 1 heterocycles. The molecular formula is C11H14O5. The van der Waals surface area contributed by atoms with Gasteiger partial charge in [0, 0.05) is 0 Å². The number of methoxy groups -OCH3 is 1. The SMILES string of the molecule is CCC1C2CC(C(=O)OC2=O)C1C(=O)OC. The molecule has 5 nitrogen and oxygen atoms in total. The van der Waals surface area contributed by atoms with E-state index in [-0.39, 0.29) is 11.8 Å². The van der Waals surface area contributed by atoms with Gasteiger partial charge in [-0.05, 0) is 12.3 Å². The van der Waals surface area contributed by atoms with Crippen molar-refractivity contribution >= 4 is 17.9 Å². The van der Waals surface area contributed by atoms with Crippen LogP contribution >= 0.6 is 0 Å². The van der Waals surface area contributed by atoms with Crippen LogP contribution in [-0.2, 0) is 23.9 Å². The highest BCUT2D eigenvalue weighted by Crippen LogP contribution is 2.47. The Morgan fingerprint density at radius 2 is 2.00 bits per heavy atom. The summed E-state index contributed by atoms with van der Waals surface area (Å²) >= 11 is 0. The normalized spacial score (nSPS) is 37.1. The summed E-state index contributed by atoms with van der Waals surface area (Å²) in [6.45, 7) is 1.90. The second-order valence-corrected chi connectivity index (χ2v) is 4.31. The minimum absolute atomic E-state index is 0.128. The number of carbonyl (C=O) groups excluding carboxylic acids is 3. The van der Waals surface area contributed by atoms with Gasteiger partial charge in [0.2, 0.25) is 0 Å². The fourth-order valence-corrected chi connectivity index (χ4v) is 2.92. The first-order valence-electron chi connectivity index (χ1n) is 5.43. The van der Waals surface area contributed by atoms with E-state index in [1.165, 1.54) is 7.11 Å². The summed E-state index contributed by atoms with van der Waals surface area (Å²) in [5.74, 6) is -2.94. The third-order valence-electron chi connectivity index (χ3n) is 3.67. The van der Waals surface area contributed by atoms with Crippen molar-refractivity contribution in [2.24, 2.45) is 23.7 Å². The van der Waals surface area contributed by atoms with Crippen LogP contribution in [0.2, 0.25) is 0 Å². The number of hydrogen-bond acceptors (Lipinski definition) is 5. The lowest BCUT2D eigenvalue weighted by atomic mass is 9.86. The van der Waals surface area contributed by atoms with Crippen molar-refractivity contribution < 1.29 is 23.9 Å². The Morgan fingerprint density at radius 1 is 1.38 bits per heavy atom. The molecular weight excluding hydrogens is 212 g/mol. The summed E-state index contributed by atoms with van der Waals surface area (Å²) in [7, 11) is 1.30. The van der Waals surface area contributed by atoms with E-state index in [1.807, 2.05) is 6.92 Å². The second kappa shape index (κ2) is 3.88. The molecule has 0 N–H and O–H groups in total. The van der Waals surface area contributed by atoms with Crippen LogP contribution in [-0.4, -0.2) is 25.0 Å². The zero-order chi connectivity index (χ0) is 11.9. The molecule has 0 amide bonds. The first-order valence-corrected chi connectivity index (χ1v) is 5.43. The van der Waals surface area contributed by atoms with Gasteiger partial charge in [-0.2, -0.15) is 0 Å². The average molecular weight is 226 g/mol. The van der Waals surface area contributed by atoms with Gasteiger partial charge >= 0.3 is 17.9 Å². The fraction of sp³-hybridized carbons (Fsp3) is 0.727. The Bertz CT molecular complexity index is 348. The molecule has 2 aliphatic rings. The van der Waals surface area contributed by atoms with E-state index in [2.05, 4.69) is 4.74 Å². The topological polar surface area (TPSA) is 69.7 Å². The molecule has 1 saturated carbocycles. The summed E-state index contributed by atoms with van der Waals surface area (Å²) < 4.78 is 9.34. The summed E-state index contributed by atoms with van der Waals surface area (Å²) in [6.07, 6.45) is 1.10.